The average molecular weight is 279 g/mol. The minimum absolute atomic E-state index is 0.112. The molecular formula is C12H13N3O3S. The molecule has 1 aromatic carbocycles. The van der Waals surface area contributed by atoms with E-state index in [1.165, 1.54) is 11.3 Å². The van der Waals surface area contributed by atoms with Crippen molar-refractivity contribution in [2.75, 3.05) is 6.54 Å². The van der Waals surface area contributed by atoms with Gasteiger partial charge in [0.1, 0.15) is 0 Å². The van der Waals surface area contributed by atoms with Gasteiger partial charge in [-0.2, -0.15) is 0 Å². The van der Waals surface area contributed by atoms with Crippen molar-refractivity contribution in [1.82, 2.24) is 4.98 Å². The minimum atomic E-state index is -0.463. The lowest BCUT2D eigenvalue weighted by Gasteiger charge is -1.93. The topological polar surface area (TPSA) is 108 Å². The molecule has 2 aromatic rings. The van der Waals surface area contributed by atoms with Gasteiger partial charge in [-0.05, 0) is 12.1 Å². The molecule has 0 atom stereocenters. The quantitative estimate of drug-likeness (QED) is 0.807. The Hall–Kier alpha value is -2.25. The predicted molar refractivity (Wildman–Crippen MR) is 71.8 cm³/mol. The zero-order valence-corrected chi connectivity index (χ0v) is 10.8. The number of aromatic nitrogens is 1. The van der Waals surface area contributed by atoms with Crippen LogP contribution in [0, 0.1) is 0 Å². The highest BCUT2D eigenvalue weighted by Crippen LogP contribution is 2.12. The van der Waals surface area contributed by atoms with E-state index >= 15 is 0 Å². The lowest BCUT2D eigenvalue weighted by molar-refractivity contribution is -0.132. The van der Waals surface area contributed by atoms with E-state index < -0.39 is 5.97 Å². The maximum atomic E-state index is 10.5. The first-order valence-corrected chi connectivity index (χ1v) is 6.16. The SMILES string of the molecule is NC(=O)c1ccccc1.NCC(=O)Oc1nccs1. The molecule has 7 heteroatoms. The van der Waals surface area contributed by atoms with Gasteiger partial charge in [-0.1, -0.05) is 29.5 Å². The van der Waals surface area contributed by atoms with Gasteiger partial charge in [0.15, 0.2) is 0 Å². The number of amides is 1. The van der Waals surface area contributed by atoms with Crippen LogP contribution in [0.15, 0.2) is 41.9 Å². The molecule has 1 aromatic heterocycles. The van der Waals surface area contributed by atoms with Crippen molar-refractivity contribution in [3.63, 3.8) is 0 Å². The summed E-state index contributed by atoms with van der Waals surface area (Å²) in [4.78, 5) is 24.6. The van der Waals surface area contributed by atoms with Gasteiger partial charge in [0.05, 0.1) is 6.54 Å². The van der Waals surface area contributed by atoms with Crippen LogP contribution < -0.4 is 16.2 Å². The highest BCUT2D eigenvalue weighted by molar-refractivity contribution is 7.11. The summed E-state index contributed by atoms with van der Waals surface area (Å²) >= 11 is 1.26. The molecule has 2 rings (SSSR count). The van der Waals surface area contributed by atoms with Crippen molar-refractivity contribution >= 4 is 23.2 Å². The molecule has 0 aliphatic carbocycles. The molecule has 0 aliphatic rings. The summed E-state index contributed by atoms with van der Waals surface area (Å²) in [6.07, 6.45) is 1.56. The number of hydrogen-bond acceptors (Lipinski definition) is 6. The number of hydrogen-bond donors (Lipinski definition) is 2. The van der Waals surface area contributed by atoms with E-state index in [9.17, 15) is 9.59 Å². The standard InChI is InChI=1S/C7H7NO.C5H6N2O2S/c8-7(9)6-4-2-1-3-5-6;6-3-4(8)9-5-7-1-2-10-5/h1-5H,(H2,8,9);1-2H,3,6H2. The molecule has 0 fully saturated rings. The number of nitrogens with zero attached hydrogens (tertiary/aromatic N) is 1. The molecule has 6 nitrogen and oxygen atoms in total. The fourth-order valence-corrected chi connectivity index (χ4v) is 1.50. The smallest absolute Gasteiger partial charge is 0.327 e. The lowest BCUT2D eigenvalue weighted by Crippen LogP contribution is -2.19. The average Bonchev–Trinajstić information content (AvgIpc) is 2.93. The molecule has 0 unspecified atom stereocenters. The number of thiazole rings is 1. The number of nitrogens with two attached hydrogens (primary N) is 2. The van der Waals surface area contributed by atoms with E-state index in [4.69, 9.17) is 11.5 Å². The first-order chi connectivity index (χ1) is 9.13. The Labute approximate surface area is 114 Å². The van der Waals surface area contributed by atoms with Crippen LogP contribution >= 0.6 is 11.3 Å². The Balaban J connectivity index is 0.000000191. The number of rotatable bonds is 3. The summed E-state index contributed by atoms with van der Waals surface area (Å²) in [5.41, 5.74) is 10.5. The fourth-order valence-electron chi connectivity index (χ4n) is 1.00. The number of benzene rings is 1. The highest BCUT2D eigenvalue weighted by atomic mass is 32.1. The van der Waals surface area contributed by atoms with Crippen LogP contribution in [-0.4, -0.2) is 23.4 Å². The van der Waals surface area contributed by atoms with Gasteiger partial charge < -0.3 is 16.2 Å². The fraction of sp³-hybridized carbons (Fsp3) is 0.0833. The Morgan fingerprint density at radius 2 is 1.95 bits per heavy atom. The van der Waals surface area contributed by atoms with Crippen molar-refractivity contribution in [2.45, 2.75) is 0 Å². The second-order valence-electron chi connectivity index (χ2n) is 3.21. The van der Waals surface area contributed by atoms with E-state index in [1.54, 1.807) is 35.8 Å². The number of esters is 1. The Bertz CT molecular complexity index is 514. The maximum Gasteiger partial charge on any atom is 0.327 e. The van der Waals surface area contributed by atoms with Gasteiger partial charge in [-0.25, -0.2) is 4.98 Å². The molecule has 4 N–H and O–H groups in total. The van der Waals surface area contributed by atoms with Crippen molar-refractivity contribution in [3.8, 4) is 5.19 Å². The van der Waals surface area contributed by atoms with Crippen LogP contribution in [0.3, 0.4) is 0 Å². The number of carbonyl (C=O) groups excluding carboxylic acids is 2. The number of carbonyl (C=O) groups is 2. The van der Waals surface area contributed by atoms with Gasteiger partial charge >= 0.3 is 5.97 Å². The molecule has 0 aliphatic heterocycles. The van der Waals surface area contributed by atoms with Gasteiger partial charge in [-0.15, -0.1) is 0 Å². The minimum Gasteiger partial charge on any atom is -0.397 e. The van der Waals surface area contributed by atoms with Crippen molar-refractivity contribution in [3.05, 3.63) is 47.5 Å². The second-order valence-corrected chi connectivity index (χ2v) is 4.06. The zero-order valence-electron chi connectivity index (χ0n) is 9.98. The van der Waals surface area contributed by atoms with Gasteiger partial charge in [0.25, 0.3) is 5.19 Å². The third-order valence-corrected chi connectivity index (χ3v) is 2.48. The predicted octanol–water partition coefficient (Wildman–Crippen LogP) is 0.793. The van der Waals surface area contributed by atoms with Crippen LogP contribution in [0.2, 0.25) is 0 Å². The molecule has 0 saturated carbocycles. The largest absolute Gasteiger partial charge is 0.397 e. The zero-order chi connectivity index (χ0) is 14.1. The number of primary amides is 1. The summed E-state index contributed by atoms with van der Waals surface area (Å²) in [5, 5.41) is 2.06. The Morgan fingerprint density at radius 1 is 1.26 bits per heavy atom. The van der Waals surface area contributed by atoms with Crippen molar-refractivity contribution in [1.29, 1.82) is 0 Å². The van der Waals surface area contributed by atoms with E-state index in [1.807, 2.05) is 6.07 Å². The van der Waals surface area contributed by atoms with Crippen LogP contribution in [-0.2, 0) is 4.79 Å². The molecule has 0 bridgehead atoms. The van der Waals surface area contributed by atoms with Crippen LogP contribution in [0.25, 0.3) is 0 Å². The first-order valence-electron chi connectivity index (χ1n) is 5.28. The number of ether oxygens (including phenoxy) is 1. The Morgan fingerprint density at radius 3 is 2.37 bits per heavy atom. The molecule has 100 valence electrons. The van der Waals surface area contributed by atoms with Crippen molar-refractivity contribution < 1.29 is 14.3 Å². The van der Waals surface area contributed by atoms with Gasteiger partial charge in [0, 0.05) is 17.1 Å². The van der Waals surface area contributed by atoms with E-state index in [0.29, 0.717) is 10.8 Å². The first kappa shape index (κ1) is 14.8. The van der Waals surface area contributed by atoms with Crippen LogP contribution in [0.1, 0.15) is 10.4 Å². The lowest BCUT2D eigenvalue weighted by atomic mass is 10.2. The molecule has 0 saturated heterocycles. The van der Waals surface area contributed by atoms with Crippen LogP contribution in [0.5, 0.6) is 5.19 Å². The van der Waals surface area contributed by atoms with Gasteiger partial charge in [-0.3, -0.25) is 9.59 Å². The second kappa shape index (κ2) is 7.96. The summed E-state index contributed by atoms with van der Waals surface area (Å²) in [7, 11) is 0. The normalized spacial score (nSPS) is 9.11. The molecule has 1 amide bonds. The monoisotopic (exact) mass is 279 g/mol. The van der Waals surface area contributed by atoms with E-state index in [2.05, 4.69) is 9.72 Å². The Kier molecular flexibility index (Phi) is 6.20. The molecule has 1 heterocycles. The van der Waals surface area contributed by atoms with Gasteiger partial charge in [0.2, 0.25) is 5.91 Å². The van der Waals surface area contributed by atoms with Crippen LogP contribution in [0.4, 0.5) is 0 Å². The van der Waals surface area contributed by atoms with Crippen molar-refractivity contribution in [2.24, 2.45) is 11.5 Å². The highest BCUT2D eigenvalue weighted by Gasteiger charge is 2.01. The molecule has 0 radical (unpaired) electrons. The maximum absolute atomic E-state index is 10.5. The molecular weight excluding hydrogens is 266 g/mol. The molecule has 0 spiro atoms. The third-order valence-electron chi connectivity index (χ3n) is 1.84. The summed E-state index contributed by atoms with van der Waals surface area (Å²) < 4.78 is 4.65. The summed E-state index contributed by atoms with van der Waals surface area (Å²) in [5.74, 6) is -0.842. The van der Waals surface area contributed by atoms with E-state index in [0.717, 1.165) is 0 Å². The third kappa shape index (κ3) is 5.75. The molecule has 19 heavy (non-hydrogen) atoms. The summed E-state index contributed by atoms with van der Waals surface area (Å²) in [6.45, 7) is -0.112. The van der Waals surface area contributed by atoms with E-state index in [-0.39, 0.29) is 12.5 Å². The summed E-state index contributed by atoms with van der Waals surface area (Å²) in [6, 6.07) is 8.76.